The van der Waals surface area contributed by atoms with Crippen LogP contribution in [0.4, 0.5) is 0 Å². The van der Waals surface area contributed by atoms with Gasteiger partial charge in [0.25, 0.3) is 0 Å². The number of rotatable bonds is 1. The molecule has 12 heavy (non-hydrogen) atoms. The minimum absolute atomic E-state index is 0.509. The van der Waals surface area contributed by atoms with E-state index in [1.807, 2.05) is 6.92 Å². The molecule has 0 fully saturated rings. The lowest BCUT2D eigenvalue weighted by atomic mass is 10.3. The minimum Gasteiger partial charge on any atom is -0.342 e. The zero-order valence-corrected chi connectivity index (χ0v) is 6.43. The molecule has 0 atom stereocenters. The van der Waals surface area contributed by atoms with Crippen molar-refractivity contribution >= 4 is 0 Å². The van der Waals surface area contributed by atoms with Gasteiger partial charge in [0.05, 0.1) is 5.56 Å². The normalized spacial score (nSPS) is 10.1. The molecule has 2 aromatic rings. The average molecular weight is 162 g/mol. The van der Waals surface area contributed by atoms with Crippen LogP contribution in [0.25, 0.3) is 11.4 Å². The first-order chi connectivity index (χ1) is 5.86. The van der Waals surface area contributed by atoms with Crippen molar-refractivity contribution in [1.82, 2.24) is 20.1 Å². The fraction of sp³-hybridized carbons (Fsp3) is 0.143. The maximum atomic E-state index is 4.58. The predicted octanol–water partition coefficient (Wildman–Crippen LogP) is 0.835. The Hall–Kier alpha value is -1.78. The molecule has 0 aromatic carbocycles. The van der Waals surface area contributed by atoms with Crippen LogP contribution in [0.2, 0.25) is 0 Å². The summed E-state index contributed by atoms with van der Waals surface area (Å²) in [5, 5.41) is 3.65. The molecule has 0 aliphatic heterocycles. The minimum atomic E-state index is 0.509. The third kappa shape index (κ3) is 1.16. The van der Waals surface area contributed by atoms with Gasteiger partial charge in [-0.3, -0.25) is 0 Å². The molecule has 0 bridgehead atoms. The van der Waals surface area contributed by atoms with Gasteiger partial charge in [0.15, 0.2) is 0 Å². The van der Waals surface area contributed by atoms with Gasteiger partial charge in [0, 0.05) is 12.4 Å². The lowest BCUT2D eigenvalue weighted by Gasteiger charge is -1.92. The van der Waals surface area contributed by atoms with Crippen LogP contribution in [0, 0.1) is 6.92 Å². The number of aromatic nitrogens is 4. The van der Waals surface area contributed by atoms with Crippen LogP contribution in [-0.2, 0) is 0 Å². The highest BCUT2D eigenvalue weighted by Crippen LogP contribution is 2.10. The zero-order valence-electron chi connectivity index (χ0n) is 6.43. The molecule has 0 aliphatic carbocycles. The maximum Gasteiger partial charge on any atom is 0.214 e. The van der Waals surface area contributed by atoms with E-state index in [1.165, 1.54) is 6.39 Å². The molecule has 2 rings (SSSR count). The Balaban J connectivity index is 2.43. The SMILES string of the molecule is Cc1ncc(-c2ncon2)cn1. The highest BCUT2D eigenvalue weighted by atomic mass is 16.5. The van der Waals surface area contributed by atoms with Crippen LogP contribution in [-0.4, -0.2) is 20.1 Å². The van der Waals surface area contributed by atoms with Crippen LogP contribution >= 0.6 is 0 Å². The van der Waals surface area contributed by atoms with Gasteiger partial charge in [-0.1, -0.05) is 5.16 Å². The number of hydrogen-bond acceptors (Lipinski definition) is 5. The molecule has 60 valence electrons. The van der Waals surface area contributed by atoms with E-state index < -0.39 is 0 Å². The Morgan fingerprint density at radius 2 is 1.92 bits per heavy atom. The summed E-state index contributed by atoms with van der Waals surface area (Å²) in [5.41, 5.74) is 0.759. The van der Waals surface area contributed by atoms with E-state index >= 15 is 0 Å². The van der Waals surface area contributed by atoms with Gasteiger partial charge in [-0.05, 0) is 6.92 Å². The fourth-order valence-electron chi connectivity index (χ4n) is 0.806. The van der Waals surface area contributed by atoms with Crippen molar-refractivity contribution in [3.05, 3.63) is 24.6 Å². The summed E-state index contributed by atoms with van der Waals surface area (Å²) in [7, 11) is 0. The van der Waals surface area contributed by atoms with Crippen LogP contribution in [0.5, 0.6) is 0 Å². The molecule has 0 N–H and O–H groups in total. The van der Waals surface area contributed by atoms with Crippen molar-refractivity contribution in [3.8, 4) is 11.4 Å². The number of hydrogen-bond donors (Lipinski definition) is 0. The standard InChI is InChI=1S/C7H6N4O/c1-5-8-2-6(3-9-5)7-10-4-12-11-7/h2-4H,1H3. The molecule has 2 aromatic heterocycles. The highest BCUT2D eigenvalue weighted by molar-refractivity contribution is 5.50. The van der Waals surface area contributed by atoms with Crippen molar-refractivity contribution < 1.29 is 4.52 Å². The van der Waals surface area contributed by atoms with Crippen LogP contribution in [0.1, 0.15) is 5.82 Å². The molecule has 0 aliphatic rings. The molecular formula is C7H6N4O. The maximum absolute atomic E-state index is 4.58. The van der Waals surface area contributed by atoms with Crippen LogP contribution in [0.15, 0.2) is 23.3 Å². The van der Waals surface area contributed by atoms with E-state index in [2.05, 4.69) is 24.6 Å². The summed E-state index contributed by atoms with van der Waals surface area (Å²) >= 11 is 0. The second-order valence-corrected chi connectivity index (χ2v) is 2.27. The molecule has 0 spiro atoms. The molecule has 0 unspecified atom stereocenters. The van der Waals surface area contributed by atoms with Crippen molar-refractivity contribution in [3.63, 3.8) is 0 Å². The number of aryl methyl sites for hydroxylation is 1. The lowest BCUT2D eigenvalue weighted by molar-refractivity contribution is 0.418. The smallest absolute Gasteiger partial charge is 0.214 e. The van der Waals surface area contributed by atoms with Crippen molar-refractivity contribution in [1.29, 1.82) is 0 Å². The van der Waals surface area contributed by atoms with Crippen molar-refractivity contribution in [2.75, 3.05) is 0 Å². The molecule has 2 heterocycles. The average Bonchev–Trinajstić information content (AvgIpc) is 2.58. The molecule has 5 nitrogen and oxygen atoms in total. The highest BCUT2D eigenvalue weighted by Gasteiger charge is 2.02. The Labute approximate surface area is 68.5 Å². The van der Waals surface area contributed by atoms with Gasteiger partial charge in [-0.15, -0.1) is 0 Å². The van der Waals surface area contributed by atoms with Crippen LogP contribution < -0.4 is 0 Å². The van der Waals surface area contributed by atoms with Gasteiger partial charge < -0.3 is 4.52 Å². The summed E-state index contributed by atoms with van der Waals surface area (Å²) in [6.45, 7) is 1.82. The molecule has 0 saturated heterocycles. The molecule has 5 heteroatoms. The number of nitrogens with zero attached hydrogens (tertiary/aromatic N) is 4. The van der Waals surface area contributed by atoms with Gasteiger partial charge in [0.1, 0.15) is 5.82 Å². The van der Waals surface area contributed by atoms with E-state index in [1.54, 1.807) is 12.4 Å². The van der Waals surface area contributed by atoms with E-state index in [-0.39, 0.29) is 0 Å². The Morgan fingerprint density at radius 3 is 2.50 bits per heavy atom. The monoisotopic (exact) mass is 162 g/mol. The van der Waals surface area contributed by atoms with Crippen molar-refractivity contribution in [2.24, 2.45) is 0 Å². The quantitative estimate of drug-likeness (QED) is 0.621. The van der Waals surface area contributed by atoms with E-state index in [0.717, 1.165) is 11.4 Å². The Kier molecular flexibility index (Phi) is 1.55. The van der Waals surface area contributed by atoms with E-state index in [9.17, 15) is 0 Å². The summed E-state index contributed by atoms with van der Waals surface area (Å²) in [4.78, 5) is 11.9. The van der Waals surface area contributed by atoms with Crippen LogP contribution in [0.3, 0.4) is 0 Å². The van der Waals surface area contributed by atoms with Gasteiger partial charge >= 0.3 is 0 Å². The first kappa shape index (κ1) is 6.90. The second kappa shape index (κ2) is 2.69. The first-order valence-electron chi connectivity index (χ1n) is 3.41. The fourth-order valence-corrected chi connectivity index (χ4v) is 0.806. The summed E-state index contributed by atoms with van der Waals surface area (Å²) in [6.07, 6.45) is 4.59. The Bertz CT molecular complexity index is 353. The summed E-state index contributed by atoms with van der Waals surface area (Å²) in [6, 6.07) is 0. The third-order valence-corrected chi connectivity index (χ3v) is 1.40. The van der Waals surface area contributed by atoms with Gasteiger partial charge in [-0.2, -0.15) is 4.98 Å². The molecular weight excluding hydrogens is 156 g/mol. The molecule has 0 radical (unpaired) electrons. The van der Waals surface area contributed by atoms with Gasteiger partial charge in [-0.25, -0.2) is 9.97 Å². The first-order valence-corrected chi connectivity index (χ1v) is 3.41. The van der Waals surface area contributed by atoms with Crippen molar-refractivity contribution in [2.45, 2.75) is 6.92 Å². The topological polar surface area (TPSA) is 64.7 Å². The largest absolute Gasteiger partial charge is 0.342 e. The van der Waals surface area contributed by atoms with Gasteiger partial charge in [0.2, 0.25) is 12.2 Å². The molecule has 0 amide bonds. The third-order valence-electron chi connectivity index (χ3n) is 1.40. The van der Waals surface area contributed by atoms with E-state index in [4.69, 9.17) is 0 Å². The lowest BCUT2D eigenvalue weighted by Crippen LogP contribution is -1.88. The van der Waals surface area contributed by atoms with E-state index in [0.29, 0.717) is 5.82 Å². The predicted molar refractivity (Wildman–Crippen MR) is 40.1 cm³/mol. The summed E-state index contributed by atoms with van der Waals surface area (Å²) in [5.74, 6) is 1.23. The summed E-state index contributed by atoms with van der Waals surface area (Å²) < 4.78 is 4.58. The Morgan fingerprint density at radius 1 is 1.17 bits per heavy atom. The molecule has 0 saturated carbocycles. The second-order valence-electron chi connectivity index (χ2n) is 2.27. The zero-order chi connectivity index (χ0) is 8.39.